The lowest BCUT2D eigenvalue weighted by Gasteiger charge is -2.10. The zero-order valence-electron chi connectivity index (χ0n) is 12.3. The van der Waals surface area contributed by atoms with Crippen LogP contribution in [0, 0.1) is 0 Å². The van der Waals surface area contributed by atoms with Gasteiger partial charge in [0.25, 0.3) is 0 Å². The van der Waals surface area contributed by atoms with Crippen molar-refractivity contribution in [2.75, 3.05) is 20.6 Å². The Morgan fingerprint density at radius 3 is 2.43 bits per heavy atom. The number of nitrogens with one attached hydrogen (secondary N) is 1. The van der Waals surface area contributed by atoms with Crippen LogP contribution < -0.4 is 5.32 Å². The van der Waals surface area contributed by atoms with Crippen LogP contribution in [0.5, 0.6) is 0 Å². The number of carboxylic acids is 1. The van der Waals surface area contributed by atoms with Crippen LogP contribution in [0.2, 0.25) is 0 Å². The Hall–Kier alpha value is -2.37. The van der Waals surface area contributed by atoms with Gasteiger partial charge in [-0.05, 0) is 18.1 Å². The largest absolute Gasteiger partial charge is 0.478 e. The predicted molar refractivity (Wildman–Crippen MR) is 78.0 cm³/mol. The van der Waals surface area contributed by atoms with E-state index in [4.69, 9.17) is 5.11 Å². The van der Waals surface area contributed by atoms with Crippen molar-refractivity contribution in [3.63, 3.8) is 0 Å². The lowest BCUT2D eigenvalue weighted by atomic mass is 10.0. The van der Waals surface area contributed by atoms with Gasteiger partial charge in [-0.15, -0.1) is 0 Å². The summed E-state index contributed by atoms with van der Waals surface area (Å²) in [5, 5.41) is 11.7. The van der Waals surface area contributed by atoms with E-state index < -0.39 is 5.97 Å². The van der Waals surface area contributed by atoms with Crippen LogP contribution in [0.4, 0.5) is 0 Å². The summed E-state index contributed by atoms with van der Waals surface area (Å²) < 4.78 is 0. The first-order valence-corrected chi connectivity index (χ1v) is 6.70. The smallest absolute Gasteiger partial charge is 0.335 e. The Labute approximate surface area is 123 Å². The molecule has 0 aliphatic rings. The van der Waals surface area contributed by atoms with Gasteiger partial charge in [0.05, 0.1) is 5.56 Å². The molecule has 1 aromatic carbocycles. The van der Waals surface area contributed by atoms with E-state index in [9.17, 15) is 14.4 Å². The SMILES string of the molecule is CN(C)C(=O)CCNC(=O)CCc1ccccc1C(=O)O. The lowest BCUT2D eigenvalue weighted by molar-refractivity contribution is -0.128. The number of aromatic carboxylic acids is 1. The Morgan fingerprint density at radius 2 is 1.81 bits per heavy atom. The van der Waals surface area contributed by atoms with E-state index in [0.29, 0.717) is 12.0 Å². The monoisotopic (exact) mass is 292 g/mol. The van der Waals surface area contributed by atoms with Gasteiger partial charge in [0.1, 0.15) is 0 Å². The summed E-state index contributed by atoms with van der Waals surface area (Å²) in [6.45, 7) is 0.288. The number of nitrogens with zero attached hydrogens (tertiary/aromatic N) is 1. The third-order valence-electron chi connectivity index (χ3n) is 3.03. The molecule has 0 atom stereocenters. The summed E-state index contributed by atoms with van der Waals surface area (Å²) in [4.78, 5) is 35.5. The standard InChI is InChI=1S/C15H20N2O4/c1-17(2)14(19)9-10-16-13(18)8-7-11-5-3-4-6-12(11)15(20)21/h3-6H,7-10H2,1-2H3,(H,16,18)(H,20,21). The molecule has 21 heavy (non-hydrogen) atoms. The van der Waals surface area contributed by atoms with E-state index in [0.717, 1.165) is 0 Å². The van der Waals surface area contributed by atoms with Crippen molar-refractivity contribution in [1.82, 2.24) is 10.2 Å². The first-order valence-electron chi connectivity index (χ1n) is 6.70. The number of aryl methyl sites for hydroxylation is 1. The molecule has 6 heteroatoms. The molecular weight excluding hydrogens is 272 g/mol. The van der Waals surface area contributed by atoms with Crippen LogP contribution in [0.15, 0.2) is 24.3 Å². The molecule has 2 amide bonds. The number of benzene rings is 1. The van der Waals surface area contributed by atoms with Crippen molar-refractivity contribution in [2.45, 2.75) is 19.3 Å². The second-order valence-corrected chi connectivity index (χ2v) is 4.85. The highest BCUT2D eigenvalue weighted by Crippen LogP contribution is 2.11. The van der Waals surface area contributed by atoms with Crippen molar-refractivity contribution < 1.29 is 19.5 Å². The highest BCUT2D eigenvalue weighted by Gasteiger charge is 2.11. The molecule has 0 unspecified atom stereocenters. The van der Waals surface area contributed by atoms with Gasteiger partial charge in [0, 0.05) is 33.5 Å². The van der Waals surface area contributed by atoms with Gasteiger partial charge in [-0.1, -0.05) is 18.2 Å². The van der Waals surface area contributed by atoms with Crippen LogP contribution in [0.1, 0.15) is 28.8 Å². The lowest BCUT2D eigenvalue weighted by Crippen LogP contribution is -2.30. The Bertz CT molecular complexity index is 526. The van der Waals surface area contributed by atoms with Gasteiger partial charge in [0.2, 0.25) is 11.8 Å². The molecule has 0 fully saturated rings. The summed E-state index contributed by atoms with van der Waals surface area (Å²) in [6, 6.07) is 6.62. The fraction of sp³-hybridized carbons (Fsp3) is 0.400. The molecule has 1 rings (SSSR count). The van der Waals surface area contributed by atoms with E-state index in [2.05, 4.69) is 5.32 Å². The maximum Gasteiger partial charge on any atom is 0.335 e. The minimum absolute atomic E-state index is 0.0495. The minimum atomic E-state index is -0.998. The zero-order valence-corrected chi connectivity index (χ0v) is 12.3. The molecule has 0 spiro atoms. The number of hydrogen-bond donors (Lipinski definition) is 2. The molecule has 0 aliphatic carbocycles. The second kappa shape index (κ2) is 8.04. The number of amides is 2. The maximum atomic E-state index is 11.7. The van der Waals surface area contributed by atoms with Gasteiger partial charge in [-0.2, -0.15) is 0 Å². The first-order chi connectivity index (χ1) is 9.91. The summed E-state index contributed by atoms with van der Waals surface area (Å²) in [5.41, 5.74) is 0.845. The average Bonchev–Trinajstić information content (AvgIpc) is 2.45. The Morgan fingerprint density at radius 1 is 1.14 bits per heavy atom. The van der Waals surface area contributed by atoms with Gasteiger partial charge >= 0.3 is 5.97 Å². The highest BCUT2D eigenvalue weighted by atomic mass is 16.4. The average molecular weight is 292 g/mol. The number of rotatable bonds is 7. The zero-order chi connectivity index (χ0) is 15.8. The van der Waals surface area contributed by atoms with Crippen LogP contribution in [-0.4, -0.2) is 48.4 Å². The highest BCUT2D eigenvalue weighted by molar-refractivity contribution is 5.89. The van der Waals surface area contributed by atoms with Crippen LogP contribution in [-0.2, 0) is 16.0 Å². The summed E-state index contributed by atoms with van der Waals surface area (Å²) in [6.07, 6.45) is 0.806. The minimum Gasteiger partial charge on any atom is -0.478 e. The molecule has 0 aliphatic heterocycles. The van der Waals surface area contributed by atoms with E-state index >= 15 is 0 Å². The third kappa shape index (κ3) is 5.64. The van der Waals surface area contributed by atoms with Gasteiger partial charge < -0.3 is 15.3 Å². The van der Waals surface area contributed by atoms with Crippen molar-refractivity contribution in [3.05, 3.63) is 35.4 Å². The number of hydrogen-bond acceptors (Lipinski definition) is 3. The molecule has 0 heterocycles. The summed E-state index contributed by atoms with van der Waals surface area (Å²) in [5.74, 6) is -1.24. The van der Waals surface area contributed by atoms with E-state index in [1.54, 1.807) is 32.3 Å². The molecule has 114 valence electrons. The molecule has 0 radical (unpaired) electrons. The summed E-state index contributed by atoms with van der Waals surface area (Å²) >= 11 is 0. The number of carbonyl (C=O) groups excluding carboxylic acids is 2. The second-order valence-electron chi connectivity index (χ2n) is 4.85. The number of carbonyl (C=O) groups is 3. The maximum absolute atomic E-state index is 11.7. The van der Waals surface area contributed by atoms with Crippen molar-refractivity contribution in [2.24, 2.45) is 0 Å². The Balaban J connectivity index is 2.40. The predicted octanol–water partition coefficient (Wildman–Crippen LogP) is 0.912. The van der Waals surface area contributed by atoms with E-state index in [1.165, 1.54) is 11.0 Å². The fourth-order valence-corrected chi connectivity index (χ4v) is 1.82. The van der Waals surface area contributed by atoms with Crippen molar-refractivity contribution in [3.8, 4) is 0 Å². The first kappa shape index (κ1) is 16.7. The fourth-order valence-electron chi connectivity index (χ4n) is 1.82. The molecule has 0 saturated heterocycles. The molecule has 0 bridgehead atoms. The van der Waals surface area contributed by atoms with Crippen LogP contribution in [0.3, 0.4) is 0 Å². The third-order valence-corrected chi connectivity index (χ3v) is 3.03. The van der Waals surface area contributed by atoms with Crippen LogP contribution >= 0.6 is 0 Å². The van der Waals surface area contributed by atoms with Gasteiger partial charge in [0.15, 0.2) is 0 Å². The van der Waals surface area contributed by atoms with Gasteiger partial charge in [-0.3, -0.25) is 9.59 Å². The van der Waals surface area contributed by atoms with Crippen LogP contribution in [0.25, 0.3) is 0 Å². The van der Waals surface area contributed by atoms with Crippen molar-refractivity contribution in [1.29, 1.82) is 0 Å². The molecule has 2 N–H and O–H groups in total. The van der Waals surface area contributed by atoms with Crippen molar-refractivity contribution >= 4 is 17.8 Å². The molecular formula is C15H20N2O4. The molecule has 1 aromatic rings. The molecule has 0 aromatic heterocycles. The summed E-state index contributed by atoms with van der Waals surface area (Å²) in [7, 11) is 3.32. The van der Waals surface area contributed by atoms with E-state index in [1.807, 2.05) is 0 Å². The molecule has 0 saturated carbocycles. The molecule has 6 nitrogen and oxygen atoms in total. The Kier molecular flexibility index (Phi) is 6.39. The normalized spacial score (nSPS) is 10.0. The quantitative estimate of drug-likeness (QED) is 0.782. The van der Waals surface area contributed by atoms with E-state index in [-0.39, 0.29) is 36.8 Å². The topological polar surface area (TPSA) is 86.7 Å². The van der Waals surface area contributed by atoms with Gasteiger partial charge in [-0.25, -0.2) is 4.79 Å². The number of carboxylic acid groups (broad SMARTS) is 1.